The average molecular weight is 300 g/mol. The molecule has 0 radical (unpaired) electrons. The minimum absolute atomic E-state index is 0.162. The first-order valence-corrected chi connectivity index (χ1v) is 7.65. The molecule has 0 amide bonds. The molecule has 2 unspecified atom stereocenters. The van der Waals surface area contributed by atoms with Gasteiger partial charge < -0.3 is 15.2 Å². The zero-order chi connectivity index (χ0) is 15.2. The smallest absolute Gasteiger partial charge is 0.124 e. The highest BCUT2D eigenvalue weighted by Gasteiger charge is 2.20. The van der Waals surface area contributed by atoms with Gasteiger partial charge in [-0.1, -0.05) is 25.4 Å². The van der Waals surface area contributed by atoms with Crippen molar-refractivity contribution in [3.05, 3.63) is 28.8 Å². The summed E-state index contributed by atoms with van der Waals surface area (Å²) in [5.41, 5.74) is 0.217. The second-order valence-electron chi connectivity index (χ2n) is 5.50. The van der Waals surface area contributed by atoms with Gasteiger partial charge in [-0.25, -0.2) is 0 Å². The fraction of sp³-hybridized carbons (Fsp3) is 0.625. The molecule has 0 aromatic heterocycles. The van der Waals surface area contributed by atoms with Gasteiger partial charge in [-0.05, 0) is 51.4 Å². The van der Waals surface area contributed by atoms with Crippen LogP contribution in [-0.2, 0) is 0 Å². The predicted octanol–water partition coefficient (Wildman–Crippen LogP) is 3.94. The summed E-state index contributed by atoms with van der Waals surface area (Å²) in [6, 6.07) is 5.77. The van der Waals surface area contributed by atoms with Gasteiger partial charge in [0, 0.05) is 16.6 Å². The van der Waals surface area contributed by atoms with Crippen LogP contribution in [0.25, 0.3) is 0 Å². The molecule has 0 aliphatic carbocycles. The fourth-order valence-corrected chi connectivity index (χ4v) is 1.98. The summed E-state index contributed by atoms with van der Waals surface area (Å²) in [5.74, 6) is 0.777. The number of hydrogen-bond donors (Lipinski definition) is 2. The fourth-order valence-electron chi connectivity index (χ4n) is 1.80. The van der Waals surface area contributed by atoms with Crippen LogP contribution in [0.15, 0.2) is 18.2 Å². The van der Waals surface area contributed by atoms with Crippen LogP contribution in [0.3, 0.4) is 0 Å². The minimum atomic E-state index is -0.809. The normalized spacial score (nSPS) is 15.7. The summed E-state index contributed by atoms with van der Waals surface area (Å²) in [6.07, 6.45) is 1.73. The Morgan fingerprint density at radius 1 is 1.40 bits per heavy atom. The second-order valence-corrected chi connectivity index (χ2v) is 5.93. The van der Waals surface area contributed by atoms with E-state index in [2.05, 4.69) is 19.2 Å². The molecule has 1 aromatic rings. The van der Waals surface area contributed by atoms with E-state index in [9.17, 15) is 5.11 Å². The zero-order valence-electron chi connectivity index (χ0n) is 12.9. The van der Waals surface area contributed by atoms with Crippen molar-refractivity contribution in [2.45, 2.75) is 52.2 Å². The molecule has 0 heterocycles. The van der Waals surface area contributed by atoms with E-state index in [1.807, 2.05) is 25.1 Å². The van der Waals surface area contributed by atoms with Crippen molar-refractivity contribution < 1.29 is 9.84 Å². The van der Waals surface area contributed by atoms with E-state index in [0.717, 1.165) is 24.3 Å². The Morgan fingerprint density at radius 2 is 2.10 bits per heavy atom. The molecular weight excluding hydrogens is 274 g/mol. The maximum atomic E-state index is 10.0. The van der Waals surface area contributed by atoms with Gasteiger partial charge >= 0.3 is 0 Å². The van der Waals surface area contributed by atoms with Crippen LogP contribution < -0.4 is 10.1 Å². The van der Waals surface area contributed by atoms with Gasteiger partial charge in [0.1, 0.15) is 12.4 Å². The third kappa shape index (κ3) is 5.31. The summed E-state index contributed by atoms with van der Waals surface area (Å²) in [7, 11) is 0. The Morgan fingerprint density at radius 3 is 2.70 bits per heavy atom. The second kappa shape index (κ2) is 7.87. The van der Waals surface area contributed by atoms with E-state index in [0.29, 0.717) is 11.4 Å². The monoisotopic (exact) mass is 299 g/mol. The molecule has 0 aliphatic heterocycles. The number of halogens is 1. The van der Waals surface area contributed by atoms with E-state index in [1.165, 1.54) is 0 Å². The molecule has 0 fully saturated rings. The van der Waals surface area contributed by atoms with Crippen molar-refractivity contribution in [3.63, 3.8) is 0 Å². The number of rotatable bonds is 8. The zero-order valence-corrected chi connectivity index (χ0v) is 13.6. The average Bonchev–Trinajstić information content (AvgIpc) is 2.43. The first-order chi connectivity index (χ1) is 9.39. The summed E-state index contributed by atoms with van der Waals surface area (Å²) in [6.45, 7) is 9.16. The van der Waals surface area contributed by atoms with Gasteiger partial charge in [0.2, 0.25) is 0 Å². The van der Waals surface area contributed by atoms with Crippen molar-refractivity contribution >= 4 is 11.6 Å². The molecule has 114 valence electrons. The van der Waals surface area contributed by atoms with Gasteiger partial charge in [0.25, 0.3) is 0 Å². The van der Waals surface area contributed by atoms with Crippen LogP contribution in [-0.4, -0.2) is 23.9 Å². The quantitative estimate of drug-likeness (QED) is 0.764. The molecule has 0 saturated carbocycles. The van der Waals surface area contributed by atoms with Crippen LogP contribution in [0.1, 0.15) is 52.1 Å². The minimum Gasteiger partial charge on any atom is -0.490 e. The molecule has 2 atom stereocenters. The van der Waals surface area contributed by atoms with Gasteiger partial charge in [-0.15, -0.1) is 0 Å². The Bertz CT molecular complexity index is 421. The Labute approximate surface area is 127 Å². The van der Waals surface area contributed by atoms with Crippen LogP contribution in [0, 0.1) is 0 Å². The van der Waals surface area contributed by atoms with E-state index < -0.39 is 5.60 Å². The summed E-state index contributed by atoms with van der Waals surface area (Å²) < 4.78 is 5.80. The molecular formula is C16H26ClNO2. The Balaban J connectivity index is 2.84. The molecule has 0 bridgehead atoms. The molecule has 2 N–H and O–H groups in total. The van der Waals surface area contributed by atoms with Crippen LogP contribution in [0.2, 0.25) is 5.02 Å². The number of nitrogens with one attached hydrogen (secondary N) is 1. The molecule has 0 saturated heterocycles. The first-order valence-electron chi connectivity index (χ1n) is 7.27. The van der Waals surface area contributed by atoms with Crippen molar-refractivity contribution in [1.82, 2.24) is 5.32 Å². The van der Waals surface area contributed by atoms with Gasteiger partial charge in [-0.2, -0.15) is 0 Å². The lowest BCUT2D eigenvalue weighted by molar-refractivity contribution is 0.00805. The summed E-state index contributed by atoms with van der Waals surface area (Å²) in [4.78, 5) is 0. The van der Waals surface area contributed by atoms with Crippen LogP contribution in [0.4, 0.5) is 0 Å². The number of ether oxygens (including phenoxy) is 1. The maximum absolute atomic E-state index is 10.0. The highest BCUT2D eigenvalue weighted by Crippen LogP contribution is 2.29. The topological polar surface area (TPSA) is 41.5 Å². The first kappa shape index (κ1) is 17.3. The van der Waals surface area contributed by atoms with Crippen LogP contribution >= 0.6 is 11.6 Å². The van der Waals surface area contributed by atoms with E-state index in [1.54, 1.807) is 6.92 Å². The lowest BCUT2D eigenvalue weighted by Crippen LogP contribution is -2.31. The largest absolute Gasteiger partial charge is 0.490 e. The van der Waals surface area contributed by atoms with Gasteiger partial charge in [0.15, 0.2) is 0 Å². The lowest BCUT2D eigenvalue weighted by atomic mass is 10.0. The highest BCUT2D eigenvalue weighted by molar-refractivity contribution is 6.30. The number of aliphatic hydroxyl groups is 1. The van der Waals surface area contributed by atoms with E-state index >= 15 is 0 Å². The SMILES string of the molecule is CCCNC(C)c1cc(Cl)ccc1OCC(C)(O)CC. The highest BCUT2D eigenvalue weighted by atomic mass is 35.5. The molecule has 1 rings (SSSR count). The van der Waals surface area contributed by atoms with E-state index in [4.69, 9.17) is 16.3 Å². The van der Waals surface area contributed by atoms with Crippen molar-refractivity contribution in [1.29, 1.82) is 0 Å². The summed E-state index contributed by atoms with van der Waals surface area (Å²) in [5, 5.41) is 14.2. The molecule has 3 nitrogen and oxygen atoms in total. The molecule has 4 heteroatoms. The standard InChI is InChI=1S/C16H26ClNO2/c1-5-9-18-12(3)14-10-13(17)7-8-15(14)20-11-16(4,19)6-2/h7-8,10,12,18-19H,5-6,9,11H2,1-4H3. The lowest BCUT2D eigenvalue weighted by Gasteiger charge is -2.24. The predicted molar refractivity (Wildman–Crippen MR) is 84.6 cm³/mol. The summed E-state index contributed by atoms with van der Waals surface area (Å²) >= 11 is 6.08. The van der Waals surface area contributed by atoms with Crippen LogP contribution in [0.5, 0.6) is 5.75 Å². The molecule has 0 spiro atoms. The van der Waals surface area contributed by atoms with Crippen molar-refractivity contribution in [2.75, 3.05) is 13.2 Å². The maximum Gasteiger partial charge on any atom is 0.124 e. The molecule has 0 aliphatic rings. The Hall–Kier alpha value is -0.770. The number of benzene rings is 1. The van der Waals surface area contributed by atoms with Gasteiger partial charge in [-0.3, -0.25) is 0 Å². The van der Waals surface area contributed by atoms with Gasteiger partial charge in [0.05, 0.1) is 5.60 Å². The third-order valence-corrected chi connectivity index (χ3v) is 3.67. The van der Waals surface area contributed by atoms with Crippen molar-refractivity contribution in [3.8, 4) is 5.75 Å². The van der Waals surface area contributed by atoms with Crippen molar-refractivity contribution in [2.24, 2.45) is 0 Å². The molecule has 1 aromatic carbocycles. The third-order valence-electron chi connectivity index (χ3n) is 3.44. The van der Waals surface area contributed by atoms with E-state index in [-0.39, 0.29) is 12.6 Å². The Kier molecular flexibility index (Phi) is 6.80. The molecule has 20 heavy (non-hydrogen) atoms. The number of hydrogen-bond acceptors (Lipinski definition) is 3.